The van der Waals surface area contributed by atoms with E-state index in [9.17, 15) is 4.79 Å². The van der Waals surface area contributed by atoms with Crippen molar-refractivity contribution in [1.29, 1.82) is 0 Å². The largest absolute Gasteiger partial charge is 0.355 e. The number of carbonyl (C=O) groups excluding carboxylic acids is 1. The first kappa shape index (κ1) is 16.5. The number of carbonyl (C=O) groups is 1. The highest BCUT2D eigenvalue weighted by Crippen LogP contribution is 2.18. The van der Waals surface area contributed by atoms with E-state index in [-0.39, 0.29) is 5.91 Å². The second-order valence-electron chi connectivity index (χ2n) is 6.20. The zero-order chi connectivity index (χ0) is 16.9. The Bertz CT molecular complexity index is 691. The van der Waals surface area contributed by atoms with Crippen LogP contribution in [0, 0.1) is 0 Å². The molecule has 1 fully saturated rings. The van der Waals surface area contributed by atoms with Crippen molar-refractivity contribution in [3.05, 3.63) is 53.9 Å². The molecule has 1 aliphatic heterocycles. The molecule has 0 bridgehead atoms. The van der Waals surface area contributed by atoms with Crippen LogP contribution in [0.5, 0.6) is 0 Å². The fraction of sp³-hybridized carbons (Fsp3) is 0.368. The van der Waals surface area contributed by atoms with Gasteiger partial charge in [0.25, 0.3) is 5.91 Å². The predicted molar refractivity (Wildman–Crippen MR) is 96.7 cm³/mol. The molecule has 1 amide bonds. The molecule has 1 N–H and O–H groups in total. The van der Waals surface area contributed by atoms with E-state index in [0.717, 1.165) is 44.0 Å². The van der Waals surface area contributed by atoms with Crippen LogP contribution in [0.25, 0.3) is 0 Å². The van der Waals surface area contributed by atoms with Crippen LogP contribution >= 0.6 is 0 Å². The van der Waals surface area contributed by atoms with Crippen molar-refractivity contribution in [1.82, 2.24) is 14.8 Å². The molecule has 0 atom stereocenters. The fourth-order valence-electron chi connectivity index (χ4n) is 2.79. The van der Waals surface area contributed by atoms with Gasteiger partial charge >= 0.3 is 0 Å². The first-order valence-corrected chi connectivity index (χ1v) is 8.45. The fourth-order valence-corrected chi connectivity index (χ4v) is 2.79. The van der Waals surface area contributed by atoms with Crippen LogP contribution in [0.1, 0.15) is 23.0 Å². The van der Waals surface area contributed by atoms with Crippen molar-refractivity contribution in [2.24, 2.45) is 0 Å². The zero-order valence-electron chi connectivity index (χ0n) is 14.3. The summed E-state index contributed by atoms with van der Waals surface area (Å²) in [7, 11) is 2.08. The number of nitrogens with zero attached hydrogens (tertiary/aromatic N) is 3. The SMILES string of the molecule is CCc1ccc(Nc2ccnc(C(=O)N3CCN(C)CC3)c2)cc1. The molecule has 0 radical (unpaired) electrons. The van der Waals surface area contributed by atoms with Crippen LogP contribution < -0.4 is 5.32 Å². The highest BCUT2D eigenvalue weighted by molar-refractivity contribution is 5.93. The van der Waals surface area contributed by atoms with Crippen LogP contribution in [0.2, 0.25) is 0 Å². The van der Waals surface area contributed by atoms with Crippen molar-refractivity contribution >= 4 is 17.3 Å². The van der Waals surface area contributed by atoms with E-state index in [4.69, 9.17) is 0 Å². The lowest BCUT2D eigenvalue weighted by Crippen LogP contribution is -2.47. The number of hydrogen-bond acceptors (Lipinski definition) is 4. The zero-order valence-corrected chi connectivity index (χ0v) is 14.3. The topological polar surface area (TPSA) is 48.5 Å². The summed E-state index contributed by atoms with van der Waals surface area (Å²) < 4.78 is 0. The van der Waals surface area contributed by atoms with E-state index in [0.29, 0.717) is 5.69 Å². The van der Waals surface area contributed by atoms with Gasteiger partial charge in [-0.3, -0.25) is 9.78 Å². The van der Waals surface area contributed by atoms with Gasteiger partial charge in [-0.15, -0.1) is 0 Å². The molecule has 1 aromatic heterocycles. The van der Waals surface area contributed by atoms with Crippen molar-refractivity contribution in [3.8, 4) is 0 Å². The number of rotatable bonds is 4. The minimum absolute atomic E-state index is 0.00748. The van der Waals surface area contributed by atoms with Gasteiger partial charge in [-0.2, -0.15) is 0 Å². The van der Waals surface area contributed by atoms with Gasteiger partial charge in [0, 0.05) is 43.8 Å². The lowest BCUT2D eigenvalue weighted by Gasteiger charge is -2.32. The summed E-state index contributed by atoms with van der Waals surface area (Å²) in [6.45, 7) is 5.47. The second kappa shape index (κ2) is 7.45. The quantitative estimate of drug-likeness (QED) is 0.939. The third-order valence-electron chi connectivity index (χ3n) is 4.42. The van der Waals surface area contributed by atoms with Crippen LogP contribution in [0.3, 0.4) is 0 Å². The maximum absolute atomic E-state index is 12.6. The monoisotopic (exact) mass is 324 g/mol. The van der Waals surface area contributed by atoms with Gasteiger partial charge in [0.2, 0.25) is 0 Å². The summed E-state index contributed by atoms with van der Waals surface area (Å²) in [4.78, 5) is 21.0. The molecular weight excluding hydrogens is 300 g/mol. The average molecular weight is 324 g/mol. The maximum atomic E-state index is 12.6. The van der Waals surface area contributed by atoms with E-state index in [1.54, 1.807) is 6.20 Å². The number of pyridine rings is 1. The molecule has 2 aromatic rings. The van der Waals surface area contributed by atoms with Gasteiger partial charge in [0.15, 0.2) is 0 Å². The number of likely N-dealkylation sites (N-methyl/N-ethyl adjacent to an activating group) is 1. The molecule has 3 rings (SSSR count). The first-order valence-electron chi connectivity index (χ1n) is 8.45. The lowest BCUT2D eigenvalue weighted by molar-refractivity contribution is 0.0658. The lowest BCUT2D eigenvalue weighted by atomic mass is 10.1. The highest BCUT2D eigenvalue weighted by Gasteiger charge is 2.21. The Morgan fingerprint density at radius 1 is 1.08 bits per heavy atom. The summed E-state index contributed by atoms with van der Waals surface area (Å²) in [5.41, 5.74) is 3.69. The van der Waals surface area contributed by atoms with Crippen LogP contribution in [-0.2, 0) is 6.42 Å². The number of amides is 1. The Morgan fingerprint density at radius 3 is 2.46 bits per heavy atom. The summed E-state index contributed by atoms with van der Waals surface area (Å²) in [6.07, 6.45) is 2.71. The smallest absolute Gasteiger partial charge is 0.272 e. The molecule has 1 aromatic carbocycles. The molecule has 5 nitrogen and oxygen atoms in total. The number of anilines is 2. The van der Waals surface area contributed by atoms with Gasteiger partial charge in [-0.05, 0) is 43.3 Å². The Labute approximate surface area is 143 Å². The molecule has 1 aliphatic rings. The van der Waals surface area contributed by atoms with Crippen LogP contribution in [0.4, 0.5) is 11.4 Å². The summed E-state index contributed by atoms with van der Waals surface area (Å²) in [5.74, 6) is 0.00748. The molecule has 24 heavy (non-hydrogen) atoms. The van der Waals surface area contributed by atoms with Gasteiger partial charge in [-0.25, -0.2) is 0 Å². The molecule has 1 saturated heterocycles. The molecular formula is C19H24N4O. The van der Waals surface area contributed by atoms with E-state index < -0.39 is 0 Å². The van der Waals surface area contributed by atoms with E-state index in [1.165, 1.54) is 5.56 Å². The van der Waals surface area contributed by atoms with E-state index >= 15 is 0 Å². The number of nitrogens with one attached hydrogen (secondary N) is 1. The normalized spacial score (nSPS) is 15.3. The minimum Gasteiger partial charge on any atom is -0.355 e. The molecule has 2 heterocycles. The number of aromatic nitrogens is 1. The second-order valence-corrected chi connectivity index (χ2v) is 6.20. The Kier molecular flexibility index (Phi) is 5.11. The Morgan fingerprint density at radius 2 is 1.79 bits per heavy atom. The summed E-state index contributed by atoms with van der Waals surface area (Å²) in [5, 5.41) is 3.34. The van der Waals surface area contributed by atoms with Gasteiger partial charge < -0.3 is 15.1 Å². The molecule has 126 valence electrons. The standard InChI is InChI=1S/C19H24N4O/c1-3-15-4-6-16(7-5-15)21-17-8-9-20-18(14-17)19(24)23-12-10-22(2)11-13-23/h4-9,14H,3,10-13H2,1-2H3,(H,20,21). The molecule has 0 unspecified atom stereocenters. The molecule has 5 heteroatoms. The van der Waals surface area contributed by atoms with Gasteiger partial charge in [-0.1, -0.05) is 19.1 Å². The molecule has 0 saturated carbocycles. The number of hydrogen-bond donors (Lipinski definition) is 1. The highest BCUT2D eigenvalue weighted by atomic mass is 16.2. The summed E-state index contributed by atoms with van der Waals surface area (Å²) in [6, 6.07) is 12.0. The van der Waals surface area contributed by atoms with Crippen LogP contribution in [-0.4, -0.2) is 53.9 Å². The van der Waals surface area contributed by atoms with Crippen LogP contribution in [0.15, 0.2) is 42.6 Å². The number of aryl methyl sites for hydroxylation is 1. The van der Waals surface area contributed by atoms with Crippen molar-refractivity contribution in [2.75, 3.05) is 38.5 Å². The van der Waals surface area contributed by atoms with Crippen molar-refractivity contribution < 1.29 is 4.79 Å². The predicted octanol–water partition coefficient (Wildman–Crippen LogP) is 2.78. The first-order chi connectivity index (χ1) is 11.7. The molecule has 0 aliphatic carbocycles. The van der Waals surface area contributed by atoms with E-state index in [1.807, 2.05) is 17.0 Å². The van der Waals surface area contributed by atoms with Gasteiger partial charge in [0.1, 0.15) is 5.69 Å². The summed E-state index contributed by atoms with van der Waals surface area (Å²) >= 11 is 0. The molecule has 0 spiro atoms. The van der Waals surface area contributed by atoms with Gasteiger partial charge in [0.05, 0.1) is 0 Å². The average Bonchev–Trinajstić information content (AvgIpc) is 2.63. The van der Waals surface area contributed by atoms with Crippen molar-refractivity contribution in [2.45, 2.75) is 13.3 Å². The third kappa shape index (κ3) is 3.92. The van der Waals surface area contributed by atoms with Crippen molar-refractivity contribution in [3.63, 3.8) is 0 Å². The number of piperazine rings is 1. The Hall–Kier alpha value is -2.40. The number of benzene rings is 1. The maximum Gasteiger partial charge on any atom is 0.272 e. The minimum atomic E-state index is 0.00748. The Balaban J connectivity index is 1.70. The van der Waals surface area contributed by atoms with E-state index in [2.05, 4.69) is 53.4 Å². The third-order valence-corrected chi connectivity index (χ3v) is 4.42.